The van der Waals surface area contributed by atoms with Crippen molar-refractivity contribution in [1.29, 1.82) is 0 Å². The van der Waals surface area contributed by atoms with Crippen molar-refractivity contribution in [2.45, 2.75) is 6.92 Å². The molecule has 10 nitrogen and oxygen atoms in total. The maximum absolute atomic E-state index is 13.2. The van der Waals surface area contributed by atoms with E-state index >= 15 is 0 Å². The molecule has 1 heterocycles. The van der Waals surface area contributed by atoms with Gasteiger partial charge in [-0.05, 0) is 43.3 Å². The second kappa shape index (κ2) is 9.03. The number of hydrogen-bond acceptors (Lipinski definition) is 7. The van der Waals surface area contributed by atoms with Gasteiger partial charge in [0, 0.05) is 12.1 Å². The Bertz CT molecular complexity index is 1140. The summed E-state index contributed by atoms with van der Waals surface area (Å²) in [6, 6.07) is 10.6. The number of amides is 1. The van der Waals surface area contributed by atoms with E-state index in [0.29, 0.717) is 17.2 Å². The van der Waals surface area contributed by atoms with Gasteiger partial charge in [-0.15, -0.1) is 0 Å². The molecule has 3 aromatic rings. The van der Waals surface area contributed by atoms with Crippen molar-refractivity contribution in [1.82, 2.24) is 9.78 Å². The Balaban J connectivity index is 1.73. The topological polar surface area (TPSA) is 126 Å². The van der Waals surface area contributed by atoms with Gasteiger partial charge >= 0.3 is 11.7 Å². The number of methoxy groups -OCH3 is 1. The van der Waals surface area contributed by atoms with Crippen LogP contribution in [-0.4, -0.2) is 40.3 Å². The molecule has 0 aliphatic heterocycles. The lowest BCUT2D eigenvalue weighted by atomic mass is 10.2. The van der Waals surface area contributed by atoms with Gasteiger partial charge in [-0.25, -0.2) is 13.9 Å². The van der Waals surface area contributed by atoms with Crippen molar-refractivity contribution >= 4 is 23.4 Å². The van der Waals surface area contributed by atoms with Gasteiger partial charge in [0.2, 0.25) is 0 Å². The third kappa shape index (κ3) is 5.01. The molecule has 0 radical (unpaired) electrons. The standard InChI is InChI=1S/C20H17FN4O6/c1-12-9-18(24(23-12)15-6-4-14(21)5-7-15)22-19(26)11-31-17-8-3-13(20(27)30-2)10-16(17)25(28)29/h3-10H,11H2,1-2H3,(H,22,26). The number of esters is 1. The summed E-state index contributed by atoms with van der Waals surface area (Å²) in [6.07, 6.45) is 0. The maximum Gasteiger partial charge on any atom is 0.338 e. The Kier molecular flexibility index (Phi) is 6.24. The van der Waals surface area contributed by atoms with Gasteiger partial charge in [-0.3, -0.25) is 14.9 Å². The van der Waals surface area contributed by atoms with Crippen LogP contribution in [0.1, 0.15) is 16.1 Å². The molecule has 1 amide bonds. The van der Waals surface area contributed by atoms with Crippen LogP contribution >= 0.6 is 0 Å². The van der Waals surface area contributed by atoms with Crippen molar-refractivity contribution in [2.24, 2.45) is 0 Å². The molecular formula is C20H17FN4O6. The highest BCUT2D eigenvalue weighted by molar-refractivity contribution is 5.92. The number of aromatic nitrogens is 2. The lowest BCUT2D eigenvalue weighted by molar-refractivity contribution is -0.385. The lowest BCUT2D eigenvalue weighted by Gasteiger charge is -2.10. The fourth-order valence-corrected chi connectivity index (χ4v) is 2.72. The van der Waals surface area contributed by atoms with E-state index in [0.717, 1.165) is 13.2 Å². The van der Waals surface area contributed by atoms with E-state index in [9.17, 15) is 24.1 Å². The SMILES string of the molecule is COC(=O)c1ccc(OCC(=O)Nc2cc(C)nn2-c2ccc(F)cc2)c([N+](=O)[O-])c1. The maximum atomic E-state index is 13.2. The number of benzene rings is 2. The zero-order valence-electron chi connectivity index (χ0n) is 16.5. The molecule has 0 aliphatic rings. The van der Waals surface area contributed by atoms with Crippen molar-refractivity contribution in [2.75, 3.05) is 19.0 Å². The van der Waals surface area contributed by atoms with Crippen molar-refractivity contribution in [3.63, 3.8) is 0 Å². The first-order valence-electron chi connectivity index (χ1n) is 8.90. The average molecular weight is 428 g/mol. The van der Waals surface area contributed by atoms with Crippen LogP contribution in [0.15, 0.2) is 48.5 Å². The molecule has 11 heteroatoms. The summed E-state index contributed by atoms with van der Waals surface area (Å²) in [6.45, 7) is 1.18. The molecule has 0 saturated carbocycles. The van der Waals surface area contributed by atoms with E-state index in [1.165, 1.54) is 41.1 Å². The Morgan fingerprint density at radius 1 is 1.19 bits per heavy atom. The van der Waals surface area contributed by atoms with Crippen LogP contribution in [-0.2, 0) is 9.53 Å². The van der Waals surface area contributed by atoms with Gasteiger partial charge in [0.05, 0.1) is 29.0 Å². The smallest absolute Gasteiger partial charge is 0.338 e. The summed E-state index contributed by atoms with van der Waals surface area (Å²) in [5.41, 5.74) is 0.627. The van der Waals surface area contributed by atoms with Crippen LogP contribution in [0.2, 0.25) is 0 Å². The van der Waals surface area contributed by atoms with E-state index in [1.807, 2.05) is 0 Å². The average Bonchev–Trinajstić information content (AvgIpc) is 3.11. The summed E-state index contributed by atoms with van der Waals surface area (Å²) in [7, 11) is 1.15. The van der Waals surface area contributed by atoms with Gasteiger partial charge in [0.15, 0.2) is 12.4 Å². The zero-order chi connectivity index (χ0) is 22.5. The van der Waals surface area contributed by atoms with Crippen molar-refractivity contribution in [3.05, 3.63) is 75.7 Å². The van der Waals surface area contributed by atoms with E-state index in [-0.39, 0.29) is 11.3 Å². The monoisotopic (exact) mass is 428 g/mol. The number of halogens is 1. The number of carbonyl (C=O) groups is 2. The minimum Gasteiger partial charge on any atom is -0.477 e. The number of nitro groups is 1. The second-order valence-corrected chi connectivity index (χ2v) is 6.33. The largest absolute Gasteiger partial charge is 0.477 e. The van der Waals surface area contributed by atoms with Crippen LogP contribution in [0.5, 0.6) is 5.75 Å². The molecule has 2 aromatic carbocycles. The molecular weight excluding hydrogens is 411 g/mol. The second-order valence-electron chi connectivity index (χ2n) is 6.33. The van der Waals surface area contributed by atoms with E-state index in [2.05, 4.69) is 15.2 Å². The van der Waals surface area contributed by atoms with Crippen molar-refractivity contribution in [3.8, 4) is 11.4 Å². The molecule has 1 N–H and O–H groups in total. The van der Waals surface area contributed by atoms with Crippen LogP contribution in [0, 0.1) is 22.9 Å². The molecule has 3 rings (SSSR count). The predicted octanol–water partition coefficient (Wildman–Crippen LogP) is 3.03. The third-order valence-corrected chi connectivity index (χ3v) is 4.11. The van der Waals surface area contributed by atoms with E-state index in [4.69, 9.17) is 4.74 Å². The number of anilines is 1. The fourth-order valence-electron chi connectivity index (χ4n) is 2.72. The lowest BCUT2D eigenvalue weighted by Crippen LogP contribution is -2.22. The highest BCUT2D eigenvalue weighted by atomic mass is 19.1. The molecule has 0 spiro atoms. The number of nitro benzene ring substituents is 1. The number of aryl methyl sites for hydroxylation is 1. The Labute approximate surface area is 175 Å². The molecule has 0 fully saturated rings. The van der Waals surface area contributed by atoms with Gasteiger partial charge in [0.1, 0.15) is 11.6 Å². The van der Waals surface area contributed by atoms with Crippen LogP contribution in [0.25, 0.3) is 5.69 Å². The molecule has 160 valence electrons. The number of rotatable bonds is 7. The molecule has 0 atom stereocenters. The molecule has 0 saturated heterocycles. The van der Waals surface area contributed by atoms with E-state index < -0.39 is 34.9 Å². The summed E-state index contributed by atoms with van der Waals surface area (Å²) in [5, 5.41) is 18.1. The van der Waals surface area contributed by atoms with Gasteiger partial charge in [-0.2, -0.15) is 5.10 Å². The third-order valence-electron chi connectivity index (χ3n) is 4.11. The number of hydrogen-bond donors (Lipinski definition) is 1. The molecule has 0 bridgehead atoms. The quantitative estimate of drug-likeness (QED) is 0.348. The predicted molar refractivity (Wildman–Crippen MR) is 107 cm³/mol. The fraction of sp³-hybridized carbons (Fsp3) is 0.150. The Morgan fingerprint density at radius 2 is 1.90 bits per heavy atom. The summed E-state index contributed by atoms with van der Waals surface area (Å²) in [5.74, 6) is -1.62. The zero-order valence-corrected chi connectivity index (χ0v) is 16.5. The Hall–Kier alpha value is -4.28. The molecule has 31 heavy (non-hydrogen) atoms. The summed E-state index contributed by atoms with van der Waals surface area (Å²) < 4.78 is 24.4. The number of carbonyl (C=O) groups excluding carboxylic acids is 2. The van der Waals surface area contributed by atoms with Crippen LogP contribution in [0.3, 0.4) is 0 Å². The first-order chi connectivity index (χ1) is 14.8. The summed E-state index contributed by atoms with van der Waals surface area (Å²) >= 11 is 0. The van der Waals surface area contributed by atoms with Gasteiger partial charge in [-0.1, -0.05) is 0 Å². The van der Waals surface area contributed by atoms with Crippen LogP contribution in [0.4, 0.5) is 15.9 Å². The van der Waals surface area contributed by atoms with Crippen molar-refractivity contribution < 1.29 is 28.4 Å². The first-order valence-corrected chi connectivity index (χ1v) is 8.90. The van der Waals surface area contributed by atoms with E-state index in [1.54, 1.807) is 13.0 Å². The minimum atomic E-state index is -0.739. The first kappa shape index (κ1) is 21.4. The molecule has 0 aliphatic carbocycles. The van der Waals surface area contributed by atoms with Crippen LogP contribution < -0.4 is 10.1 Å². The molecule has 1 aromatic heterocycles. The highest BCUT2D eigenvalue weighted by Gasteiger charge is 2.20. The number of nitrogens with zero attached hydrogens (tertiary/aromatic N) is 3. The Morgan fingerprint density at radius 3 is 2.55 bits per heavy atom. The number of nitrogens with one attached hydrogen (secondary N) is 1. The highest BCUT2D eigenvalue weighted by Crippen LogP contribution is 2.28. The molecule has 0 unspecified atom stereocenters. The summed E-state index contributed by atoms with van der Waals surface area (Å²) in [4.78, 5) is 34.5. The minimum absolute atomic E-state index is 0.0234. The van der Waals surface area contributed by atoms with Gasteiger partial charge < -0.3 is 14.8 Å². The van der Waals surface area contributed by atoms with Gasteiger partial charge in [0.25, 0.3) is 5.91 Å². The number of ether oxygens (including phenoxy) is 2. The normalized spacial score (nSPS) is 10.4.